The Morgan fingerprint density at radius 2 is 1.69 bits per heavy atom. The first-order valence-corrected chi connectivity index (χ1v) is 4.84. The normalized spacial score (nSPS) is 45.1. The molecule has 2 bridgehead atoms. The lowest BCUT2D eigenvalue weighted by Crippen LogP contribution is -2.55. The number of hydrogen-bond acceptors (Lipinski definition) is 3. The summed E-state index contributed by atoms with van der Waals surface area (Å²) in [5.74, 6) is -0.639. The summed E-state index contributed by atoms with van der Waals surface area (Å²) in [7, 11) is 0. The van der Waals surface area contributed by atoms with E-state index in [1.165, 1.54) is 6.92 Å². The molecular formula is C10H14O3. The average molecular weight is 182 g/mol. The molecule has 2 unspecified atom stereocenters. The van der Waals surface area contributed by atoms with Gasteiger partial charge in [0, 0.05) is 11.8 Å². The summed E-state index contributed by atoms with van der Waals surface area (Å²) in [5, 5.41) is 9.72. The minimum atomic E-state index is -1.69. The fourth-order valence-electron chi connectivity index (χ4n) is 2.58. The molecule has 0 aromatic heterocycles. The molecule has 2 aliphatic carbocycles. The van der Waals surface area contributed by atoms with E-state index in [0.29, 0.717) is 6.42 Å². The van der Waals surface area contributed by atoms with E-state index in [1.54, 1.807) is 0 Å². The Bertz CT molecular complexity index is 243. The van der Waals surface area contributed by atoms with Crippen LogP contribution < -0.4 is 0 Å². The highest BCUT2D eigenvalue weighted by molar-refractivity contribution is 6.13. The Labute approximate surface area is 77.1 Å². The van der Waals surface area contributed by atoms with Gasteiger partial charge in [-0.2, -0.15) is 0 Å². The molecule has 0 heterocycles. The van der Waals surface area contributed by atoms with Crippen molar-refractivity contribution in [3.8, 4) is 0 Å². The van der Waals surface area contributed by atoms with Gasteiger partial charge in [-0.05, 0) is 26.2 Å². The number of ketones is 2. The van der Waals surface area contributed by atoms with Gasteiger partial charge in [-0.1, -0.05) is 6.42 Å². The molecule has 0 spiro atoms. The quantitative estimate of drug-likeness (QED) is 0.561. The van der Waals surface area contributed by atoms with Gasteiger partial charge in [0.1, 0.15) is 0 Å². The van der Waals surface area contributed by atoms with E-state index in [4.69, 9.17) is 0 Å². The first-order valence-electron chi connectivity index (χ1n) is 4.84. The summed E-state index contributed by atoms with van der Waals surface area (Å²) in [6.45, 7) is 1.35. The first-order chi connectivity index (χ1) is 6.03. The van der Waals surface area contributed by atoms with E-state index in [2.05, 4.69) is 0 Å². The van der Waals surface area contributed by atoms with E-state index in [9.17, 15) is 14.7 Å². The van der Waals surface area contributed by atoms with Gasteiger partial charge in [0.25, 0.3) is 0 Å². The second kappa shape index (κ2) is 2.64. The predicted molar refractivity (Wildman–Crippen MR) is 46.1 cm³/mol. The largest absolute Gasteiger partial charge is 0.375 e. The Balaban J connectivity index is 2.34. The van der Waals surface area contributed by atoms with E-state index in [0.717, 1.165) is 19.3 Å². The van der Waals surface area contributed by atoms with Gasteiger partial charge in [-0.3, -0.25) is 9.59 Å². The van der Waals surface area contributed by atoms with Gasteiger partial charge < -0.3 is 5.11 Å². The number of hydrogen-bond donors (Lipinski definition) is 1. The molecule has 0 amide bonds. The van der Waals surface area contributed by atoms with Crippen LogP contribution in [0.15, 0.2) is 0 Å². The Kier molecular flexibility index (Phi) is 1.80. The van der Waals surface area contributed by atoms with E-state index >= 15 is 0 Å². The molecule has 0 aliphatic heterocycles. The van der Waals surface area contributed by atoms with Gasteiger partial charge >= 0.3 is 0 Å². The number of Topliss-reactive ketones (excluding diaryl/α,β-unsaturated/α-hetero) is 2. The molecule has 2 rings (SSSR count). The third-order valence-corrected chi connectivity index (χ3v) is 3.38. The van der Waals surface area contributed by atoms with Crippen LogP contribution in [0.5, 0.6) is 0 Å². The maximum absolute atomic E-state index is 11.6. The Morgan fingerprint density at radius 3 is 2.15 bits per heavy atom. The fourth-order valence-corrected chi connectivity index (χ4v) is 2.58. The van der Waals surface area contributed by atoms with Crippen molar-refractivity contribution in [1.82, 2.24) is 0 Å². The smallest absolute Gasteiger partial charge is 0.178 e. The average Bonchev–Trinajstić information content (AvgIpc) is 2.14. The zero-order valence-corrected chi connectivity index (χ0v) is 7.75. The van der Waals surface area contributed by atoms with Crippen LogP contribution in [0.4, 0.5) is 0 Å². The van der Waals surface area contributed by atoms with E-state index in [1.807, 2.05) is 0 Å². The molecule has 3 heteroatoms. The zero-order chi connectivity index (χ0) is 9.64. The molecule has 2 saturated carbocycles. The second-order valence-corrected chi connectivity index (χ2v) is 4.36. The van der Waals surface area contributed by atoms with E-state index < -0.39 is 5.60 Å². The van der Waals surface area contributed by atoms with Crippen LogP contribution in [0.3, 0.4) is 0 Å². The van der Waals surface area contributed by atoms with Crippen LogP contribution in [0, 0.1) is 11.8 Å². The van der Waals surface area contributed by atoms with Crippen LogP contribution in [-0.4, -0.2) is 22.3 Å². The summed E-state index contributed by atoms with van der Waals surface area (Å²) in [6, 6.07) is 0. The van der Waals surface area contributed by atoms with Gasteiger partial charge in [0.2, 0.25) is 0 Å². The number of aliphatic hydroxyl groups is 1. The molecule has 2 fully saturated rings. The number of rotatable bonds is 0. The van der Waals surface area contributed by atoms with Crippen LogP contribution >= 0.6 is 0 Å². The number of fused-ring (bicyclic) bond motifs is 2. The van der Waals surface area contributed by atoms with Crippen molar-refractivity contribution in [3.63, 3.8) is 0 Å². The highest BCUT2D eigenvalue weighted by Crippen LogP contribution is 2.39. The first kappa shape index (κ1) is 8.88. The zero-order valence-electron chi connectivity index (χ0n) is 7.75. The number of carbonyl (C=O) groups excluding carboxylic acids is 2. The molecule has 0 radical (unpaired) electrons. The molecular weight excluding hydrogens is 168 g/mol. The topological polar surface area (TPSA) is 54.4 Å². The van der Waals surface area contributed by atoms with Crippen molar-refractivity contribution in [2.24, 2.45) is 11.8 Å². The minimum absolute atomic E-state index is 0.0635. The fraction of sp³-hybridized carbons (Fsp3) is 0.800. The Hall–Kier alpha value is -0.700. The highest BCUT2D eigenvalue weighted by Gasteiger charge is 2.51. The standard InChI is InChI=1S/C10H14O3/c1-10(13)8(11)6-3-2-4-7(5-6)9(10)12/h6-7,13H,2-5H2,1H3. The van der Waals surface area contributed by atoms with Crippen LogP contribution in [0.25, 0.3) is 0 Å². The maximum atomic E-state index is 11.6. The minimum Gasteiger partial charge on any atom is -0.375 e. The van der Waals surface area contributed by atoms with E-state index in [-0.39, 0.29) is 23.4 Å². The van der Waals surface area contributed by atoms with Crippen molar-refractivity contribution in [3.05, 3.63) is 0 Å². The van der Waals surface area contributed by atoms with Gasteiger partial charge in [0.05, 0.1) is 0 Å². The predicted octanol–water partition coefficient (Wildman–Crippen LogP) is 0.696. The van der Waals surface area contributed by atoms with Crippen LogP contribution in [0.1, 0.15) is 32.6 Å². The molecule has 72 valence electrons. The van der Waals surface area contributed by atoms with Gasteiger partial charge in [-0.15, -0.1) is 0 Å². The second-order valence-electron chi connectivity index (χ2n) is 4.36. The summed E-state index contributed by atoms with van der Waals surface area (Å²) in [5.41, 5.74) is -1.69. The van der Waals surface area contributed by atoms with Crippen molar-refractivity contribution in [2.75, 3.05) is 0 Å². The monoisotopic (exact) mass is 182 g/mol. The molecule has 2 aliphatic rings. The van der Waals surface area contributed by atoms with Crippen molar-refractivity contribution < 1.29 is 14.7 Å². The lowest BCUT2D eigenvalue weighted by molar-refractivity contribution is -0.161. The molecule has 0 aromatic carbocycles. The summed E-state index contributed by atoms with van der Waals surface area (Å²) >= 11 is 0. The van der Waals surface area contributed by atoms with Crippen molar-refractivity contribution >= 4 is 11.6 Å². The molecule has 0 saturated heterocycles. The third-order valence-electron chi connectivity index (χ3n) is 3.38. The van der Waals surface area contributed by atoms with Crippen LogP contribution in [-0.2, 0) is 9.59 Å². The third kappa shape index (κ3) is 1.14. The summed E-state index contributed by atoms with van der Waals surface area (Å²) < 4.78 is 0. The maximum Gasteiger partial charge on any atom is 0.178 e. The summed E-state index contributed by atoms with van der Waals surface area (Å²) in [6.07, 6.45) is 3.31. The van der Waals surface area contributed by atoms with Crippen molar-refractivity contribution in [1.29, 1.82) is 0 Å². The molecule has 13 heavy (non-hydrogen) atoms. The lowest BCUT2D eigenvalue weighted by Gasteiger charge is -2.39. The molecule has 0 aromatic rings. The SMILES string of the molecule is CC1(O)C(=O)C2CCCC(C2)C1=O. The van der Waals surface area contributed by atoms with Gasteiger partial charge in [0.15, 0.2) is 17.2 Å². The molecule has 1 N–H and O–H groups in total. The summed E-state index contributed by atoms with van der Waals surface area (Å²) in [4.78, 5) is 23.2. The number of carbonyl (C=O) groups is 2. The van der Waals surface area contributed by atoms with Gasteiger partial charge in [-0.25, -0.2) is 0 Å². The molecule has 3 nitrogen and oxygen atoms in total. The highest BCUT2D eigenvalue weighted by atomic mass is 16.3. The lowest BCUT2D eigenvalue weighted by atomic mass is 9.65. The Morgan fingerprint density at radius 1 is 1.23 bits per heavy atom. The molecule has 2 atom stereocenters. The van der Waals surface area contributed by atoms with Crippen molar-refractivity contribution in [2.45, 2.75) is 38.2 Å². The van der Waals surface area contributed by atoms with Crippen LogP contribution in [0.2, 0.25) is 0 Å².